The molecule has 124 valence electrons. The molecule has 0 amide bonds. The predicted molar refractivity (Wildman–Crippen MR) is 79.0 cm³/mol. The zero-order valence-electron chi connectivity index (χ0n) is 13.2. The van der Waals surface area contributed by atoms with Crippen molar-refractivity contribution in [3.63, 3.8) is 0 Å². The van der Waals surface area contributed by atoms with E-state index in [1.54, 1.807) is 21.3 Å². The van der Waals surface area contributed by atoms with Gasteiger partial charge in [-0.3, -0.25) is 0 Å². The van der Waals surface area contributed by atoms with Crippen LogP contribution in [0.25, 0.3) is 0 Å². The number of esters is 1. The first-order valence-corrected chi connectivity index (χ1v) is 8.77. The van der Waals surface area contributed by atoms with Crippen molar-refractivity contribution in [3.8, 4) is 0 Å². The highest BCUT2D eigenvalue weighted by Crippen LogP contribution is 2.14. The second kappa shape index (κ2) is 11.7. The number of carbonyl (C=O) groups is 1. The second-order valence-corrected chi connectivity index (χ2v) is 7.29. The molecule has 0 fully saturated rings. The van der Waals surface area contributed by atoms with Crippen molar-refractivity contribution in [2.45, 2.75) is 25.8 Å². The topological polar surface area (TPSA) is 83.5 Å². The number of hydrogen-bond donors (Lipinski definition) is 1. The molecule has 0 aliphatic rings. The summed E-state index contributed by atoms with van der Waals surface area (Å²) in [4.78, 5) is 11.2. The molecule has 8 heteroatoms. The maximum Gasteiger partial charge on any atom is 0.500 e. The van der Waals surface area contributed by atoms with Crippen LogP contribution in [0.2, 0.25) is 6.04 Å². The van der Waals surface area contributed by atoms with E-state index in [2.05, 4.69) is 0 Å². The SMILES string of the molecule is CCCOC(=O)C(O)=CCOCCC[Si](OC)(OC)OC. The quantitative estimate of drug-likeness (QED) is 0.192. The predicted octanol–water partition coefficient (Wildman–Crippen LogP) is 1.67. The average Bonchev–Trinajstić information content (AvgIpc) is 2.52. The van der Waals surface area contributed by atoms with Crippen LogP contribution in [0.4, 0.5) is 0 Å². The number of carbonyl (C=O) groups excluding carboxylic acids is 1. The van der Waals surface area contributed by atoms with Crippen LogP contribution in [0.15, 0.2) is 11.8 Å². The summed E-state index contributed by atoms with van der Waals surface area (Å²) in [7, 11) is 2.12. The number of aliphatic hydroxyl groups is 1. The molecule has 7 nitrogen and oxygen atoms in total. The van der Waals surface area contributed by atoms with Crippen molar-refractivity contribution in [1.82, 2.24) is 0 Å². The summed E-state index contributed by atoms with van der Waals surface area (Å²) in [6.45, 7) is 2.74. The first-order valence-electron chi connectivity index (χ1n) is 6.84. The molecule has 0 heterocycles. The molecule has 0 rings (SSSR count). The Kier molecular flexibility index (Phi) is 11.2. The van der Waals surface area contributed by atoms with Gasteiger partial charge in [-0.15, -0.1) is 0 Å². The van der Waals surface area contributed by atoms with E-state index in [0.29, 0.717) is 25.5 Å². The molecule has 0 spiro atoms. The highest BCUT2D eigenvalue weighted by molar-refractivity contribution is 6.60. The van der Waals surface area contributed by atoms with E-state index in [0.717, 1.165) is 0 Å². The van der Waals surface area contributed by atoms with Gasteiger partial charge in [0.05, 0.1) is 13.2 Å². The van der Waals surface area contributed by atoms with Gasteiger partial charge in [0.25, 0.3) is 0 Å². The molecule has 0 bridgehead atoms. The minimum atomic E-state index is -2.55. The molecule has 0 aliphatic heterocycles. The zero-order valence-corrected chi connectivity index (χ0v) is 14.2. The van der Waals surface area contributed by atoms with Crippen molar-refractivity contribution in [2.24, 2.45) is 0 Å². The van der Waals surface area contributed by atoms with Crippen LogP contribution < -0.4 is 0 Å². The Balaban J connectivity index is 3.88. The molecular weight excluding hydrogens is 296 g/mol. The van der Waals surface area contributed by atoms with E-state index in [9.17, 15) is 9.90 Å². The largest absolute Gasteiger partial charge is 0.502 e. The molecule has 0 saturated carbocycles. The number of ether oxygens (including phenoxy) is 2. The molecule has 0 radical (unpaired) electrons. The Bertz CT molecular complexity index is 307. The van der Waals surface area contributed by atoms with Crippen molar-refractivity contribution >= 4 is 14.8 Å². The molecule has 0 saturated heterocycles. The lowest BCUT2D eigenvalue weighted by molar-refractivity contribution is -0.142. The molecule has 0 aromatic rings. The Labute approximate surface area is 127 Å². The Morgan fingerprint density at radius 2 is 1.76 bits per heavy atom. The summed E-state index contributed by atoms with van der Waals surface area (Å²) < 4.78 is 25.9. The van der Waals surface area contributed by atoms with E-state index in [-0.39, 0.29) is 13.2 Å². The minimum Gasteiger partial charge on any atom is -0.502 e. The summed E-state index contributed by atoms with van der Waals surface area (Å²) in [6.07, 6.45) is 2.68. The number of hydrogen-bond acceptors (Lipinski definition) is 7. The van der Waals surface area contributed by atoms with Gasteiger partial charge in [-0.2, -0.15) is 0 Å². The monoisotopic (exact) mass is 322 g/mol. The van der Waals surface area contributed by atoms with Gasteiger partial charge in [-0.1, -0.05) is 6.92 Å². The highest BCUT2D eigenvalue weighted by atomic mass is 28.4. The van der Waals surface area contributed by atoms with Crippen LogP contribution in [0.5, 0.6) is 0 Å². The maximum absolute atomic E-state index is 11.2. The van der Waals surface area contributed by atoms with Crippen molar-refractivity contribution < 1.29 is 32.7 Å². The lowest BCUT2D eigenvalue weighted by Crippen LogP contribution is -2.42. The highest BCUT2D eigenvalue weighted by Gasteiger charge is 2.36. The van der Waals surface area contributed by atoms with Crippen LogP contribution in [-0.2, 0) is 27.5 Å². The smallest absolute Gasteiger partial charge is 0.500 e. The van der Waals surface area contributed by atoms with Crippen molar-refractivity contribution in [3.05, 3.63) is 11.8 Å². The van der Waals surface area contributed by atoms with Crippen molar-refractivity contribution in [1.29, 1.82) is 0 Å². The van der Waals surface area contributed by atoms with Crippen LogP contribution in [0.3, 0.4) is 0 Å². The first kappa shape index (κ1) is 20.1. The molecule has 0 unspecified atom stereocenters. The Hall–Kier alpha value is -0.933. The van der Waals surface area contributed by atoms with E-state index in [4.69, 9.17) is 22.8 Å². The van der Waals surface area contributed by atoms with E-state index >= 15 is 0 Å². The minimum absolute atomic E-state index is 0.133. The van der Waals surface area contributed by atoms with E-state index in [1.807, 2.05) is 6.92 Å². The summed E-state index contributed by atoms with van der Waals surface area (Å²) in [6, 6.07) is 0.630. The third-order valence-electron chi connectivity index (χ3n) is 2.75. The van der Waals surface area contributed by atoms with Gasteiger partial charge in [0.2, 0.25) is 0 Å². The fourth-order valence-corrected chi connectivity index (χ4v) is 3.21. The molecule has 0 aliphatic carbocycles. The molecular formula is C13H26O7Si. The van der Waals surface area contributed by atoms with Crippen LogP contribution in [0, 0.1) is 0 Å². The van der Waals surface area contributed by atoms with Crippen molar-refractivity contribution in [2.75, 3.05) is 41.2 Å². The molecule has 21 heavy (non-hydrogen) atoms. The summed E-state index contributed by atoms with van der Waals surface area (Å²) in [5.74, 6) is -1.16. The van der Waals surface area contributed by atoms with Gasteiger partial charge in [-0.25, -0.2) is 4.79 Å². The fraction of sp³-hybridized carbons (Fsp3) is 0.769. The van der Waals surface area contributed by atoms with Gasteiger partial charge in [0.1, 0.15) is 0 Å². The lowest BCUT2D eigenvalue weighted by Gasteiger charge is -2.24. The Morgan fingerprint density at radius 3 is 2.29 bits per heavy atom. The van der Waals surface area contributed by atoms with Gasteiger partial charge in [0, 0.05) is 34.0 Å². The zero-order chi connectivity index (χ0) is 16.1. The van der Waals surface area contributed by atoms with Gasteiger partial charge >= 0.3 is 14.8 Å². The van der Waals surface area contributed by atoms with Crippen LogP contribution in [0.1, 0.15) is 19.8 Å². The van der Waals surface area contributed by atoms with Crippen LogP contribution in [-0.4, -0.2) is 61.0 Å². The third-order valence-corrected chi connectivity index (χ3v) is 5.58. The van der Waals surface area contributed by atoms with E-state index in [1.165, 1.54) is 6.08 Å². The first-order chi connectivity index (χ1) is 10.0. The second-order valence-electron chi connectivity index (χ2n) is 4.20. The standard InChI is InChI=1S/C13H26O7Si/c1-5-8-20-13(15)12(14)7-10-19-9-6-11-21(16-2,17-3)18-4/h7,14H,5-6,8-11H2,1-4H3. The van der Waals surface area contributed by atoms with E-state index < -0.39 is 20.5 Å². The van der Waals surface area contributed by atoms with Gasteiger partial charge in [0.15, 0.2) is 5.76 Å². The molecule has 1 N–H and O–H groups in total. The normalized spacial score (nSPS) is 12.5. The van der Waals surface area contributed by atoms with Crippen LogP contribution >= 0.6 is 0 Å². The number of aliphatic hydroxyl groups excluding tert-OH is 1. The number of rotatable bonds is 12. The summed E-state index contributed by atoms with van der Waals surface area (Å²) >= 11 is 0. The molecule has 0 aromatic heterocycles. The lowest BCUT2D eigenvalue weighted by atomic mass is 10.4. The average molecular weight is 322 g/mol. The van der Waals surface area contributed by atoms with Gasteiger partial charge in [-0.05, 0) is 18.9 Å². The third kappa shape index (κ3) is 8.17. The molecule has 0 atom stereocenters. The Morgan fingerprint density at radius 1 is 1.14 bits per heavy atom. The summed E-state index contributed by atoms with van der Waals surface area (Å²) in [5.41, 5.74) is 0. The maximum atomic E-state index is 11.2. The van der Waals surface area contributed by atoms with Gasteiger partial charge < -0.3 is 27.9 Å². The summed E-state index contributed by atoms with van der Waals surface area (Å²) in [5, 5.41) is 9.40. The molecule has 0 aromatic carbocycles. The fourth-order valence-electron chi connectivity index (χ4n) is 1.52.